The standard InChI is InChI=1S/C20H20N4O2/c1-24-18(15-7-9-16(10-8-15)20(21)22)12-17(23-24)14-5-2-13(3-6-14)4-11-19(25)26/h2-3,5-10,12H,4,11H2,1H3,(H3,21,22)(H,25,26). The molecular weight excluding hydrogens is 328 g/mol. The minimum Gasteiger partial charge on any atom is -0.481 e. The number of nitrogens with two attached hydrogens (primary N) is 1. The Morgan fingerprint density at radius 3 is 2.31 bits per heavy atom. The van der Waals surface area contributed by atoms with Gasteiger partial charge in [-0.2, -0.15) is 5.10 Å². The SMILES string of the molecule is Cn1nc(-c2ccc(CCC(=O)O)cc2)cc1-c1ccc(C(=N)N)cc1. The summed E-state index contributed by atoms with van der Waals surface area (Å²) in [6, 6.07) is 17.3. The second-order valence-corrected chi connectivity index (χ2v) is 6.12. The first-order chi connectivity index (χ1) is 12.4. The maximum absolute atomic E-state index is 10.7. The van der Waals surface area contributed by atoms with Crippen molar-refractivity contribution in [2.45, 2.75) is 12.8 Å². The molecule has 3 aromatic rings. The zero-order valence-electron chi connectivity index (χ0n) is 14.4. The molecule has 1 heterocycles. The van der Waals surface area contributed by atoms with Crippen LogP contribution in [0, 0.1) is 5.41 Å². The van der Waals surface area contributed by atoms with Gasteiger partial charge in [0.05, 0.1) is 11.4 Å². The topological polar surface area (TPSA) is 105 Å². The van der Waals surface area contributed by atoms with E-state index in [2.05, 4.69) is 5.10 Å². The predicted octanol–water partition coefficient (Wildman–Crippen LogP) is 3.06. The van der Waals surface area contributed by atoms with E-state index in [0.29, 0.717) is 12.0 Å². The van der Waals surface area contributed by atoms with Gasteiger partial charge in [-0.25, -0.2) is 0 Å². The van der Waals surface area contributed by atoms with Gasteiger partial charge in [-0.05, 0) is 23.6 Å². The number of nitrogens with one attached hydrogen (secondary N) is 1. The first-order valence-electron chi connectivity index (χ1n) is 8.24. The molecule has 0 fully saturated rings. The number of nitrogens with zero attached hydrogens (tertiary/aromatic N) is 2. The lowest BCUT2D eigenvalue weighted by Crippen LogP contribution is -2.10. The Labute approximate surface area is 151 Å². The first-order valence-corrected chi connectivity index (χ1v) is 8.24. The molecule has 0 saturated heterocycles. The van der Waals surface area contributed by atoms with Crippen molar-refractivity contribution in [1.82, 2.24) is 9.78 Å². The Hall–Kier alpha value is -3.41. The quantitative estimate of drug-likeness (QED) is 0.470. The second-order valence-electron chi connectivity index (χ2n) is 6.12. The Kier molecular flexibility index (Phi) is 4.84. The lowest BCUT2D eigenvalue weighted by atomic mass is 10.0. The molecule has 0 radical (unpaired) electrons. The molecule has 0 aliphatic heterocycles. The molecule has 0 aliphatic carbocycles. The molecule has 0 amide bonds. The van der Waals surface area contributed by atoms with Gasteiger partial charge >= 0.3 is 5.97 Å². The van der Waals surface area contributed by atoms with Crippen molar-refractivity contribution in [3.8, 4) is 22.5 Å². The van der Waals surface area contributed by atoms with E-state index in [9.17, 15) is 4.79 Å². The van der Waals surface area contributed by atoms with Crippen LogP contribution in [0.2, 0.25) is 0 Å². The summed E-state index contributed by atoms with van der Waals surface area (Å²) in [4.78, 5) is 10.7. The summed E-state index contributed by atoms with van der Waals surface area (Å²) >= 11 is 0. The summed E-state index contributed by atoms with van der Waals surface area (Å²) in [5.74, 6) is -0.746. The minimum absolute atomic E-state index is 0.0465. The number of aromatic nitrogens is 2. The molecule has 6 nitrogen and oxygen atoms in total. The van der Waals surface area contributed by atoms with Crippen LogP contribution in [0.5, 0.6) is 0 Å². The maximum atomic E-state index is 10.7. The number of hydrogen-bond donors (Lipinski definition) is 3. The van der Waals surface area contributed by atoms with Gasteiger partial charge in [-0.1, -0.05) is 48.5 Å². The average Bonchev–Trinajstić information content (AvgIpc) is 3.02. The molecule has 2 aromatic carbocycles. The van der Waals surface area contributed by atoms with E-state index < -0.39 is 5.97 Å². The lowest BCUT2D eigenvalue weighted by Gasteiger charge is -2.03. The van der Waals surface area contributed by atoms with Crippen LogP contribution in [-0.4, -0.2) is 26.7 Å². The molecule has 0 unspecified atom stereocenters. The van der Waals surface area contributed by atoms with Crippen LogP contribution in [0.15, 0.2) is 54.6 Å². The number of aryl methyl sites for hydroxylation is 2. The summed E-state index contributed by atoms with van der Waals surface area (Å²) in [7, 11) is 1.89. The van der Waals surface area contributed by atoms with Crippen LogP contribution in [-0.2, 0) is 18.3 Å². The first kappa shape index (κ1) is 17.4. The van der Waals surface area contributed by atoms with E-state index in [4.69, 9.17) is 16.2 Å². The van der Waals surface area contributed by atoms with Gasteiger partial charge in [0, 0.05) is 24.6 Å². The van der Waals surface area contributed by atoms with Crippen molar-refractivity contribution >= 4 is 11.8 Å². The number of aliphatic carboxylic acids is 1. The van der Waals surface area contributed by atoms with Crippen LogP contribution in [0.3, 0.4) is 0 Å². The lowest BCUT2D eigenvalue weighted by molar-refractivity contribution is -0.136. The van der Waals surface area contributed by atoms with Crippen molar-refractivity contribution < 1.29 is 9.90 Å². The van der Waals surface area contributed by atoms with Crippen molar-refractivity contribution in [2.75, 3.05) is 0 Å². The number of nitrogen functional groups attached to an aromatic ring is 1. The Morgan fingerprint density at radius 1 is 1.12 bits per heavy atom. The second kappa shape index (κ2) is 7.23. The van der Waals surface area contributed by atoms with Crippen molar-refractivity contribution in [2.24, 2.45) is 12.8 Å². The normalized spacial score (nSPS) is 10.7. The minimum atomic E-state index is -0.792. The van der Waals surface area contributed by atoms with E-state index in [0.717, 1.165) is 28.1 Å². The van der Waals surface area contributed by atoms with Gasteiger partial charge in [0.2, 0.25) is 0 Å². The van der Waals surface area contributed by atoms with Crippen LogP contribution in [0.25, 0.3) is 22.5 Å². The number of hydrogen-bond acceptors (Lipinski definition) is 3. The fourth-order valence-corrected chi connectivity index (χ4v) is 2.79. The third-order valence-corrected chi connectivity index (χ3v) is 4.25. The number of amidine groups is 1. The molecule has 26 heavy (non-hydrogen) atoms. The van der Waals surface area contributed by atoms with Crippen LogP contribution < -0.4 is 5.73 Å². The monoisotopic (exact) mass is 348 g/mol. The fraction of sp³-hybridized carbons (Fsp3) is 0.150. The highest BCUT2D eigenvalue weighted by molar-refractivity contribution is 5.95. The Morgan fingerprint density at radius 2 is 1.73 bits per heavy atom. The van der Waals surface area contributed by atoms with E-state index in [1.165, 1.54) is 0 Å². The van der Waals surface area contributed by atoms with Crippen LogP contribution >= 0.6 is 0 Å². The average molecular weight is 348 g/mol. The van der Waals surface area contributed by atoms with E-state index >= 15 is 0 Å². The van der Waals surface area contributed by atoms with Gasteiger partial charge in [-0.15, -0.1) is 0 Å². The predicted molar refractivity (Wildman–Crippen MR) is 101 cm³/mol. The summed E-state index contributed by atoms with van der Waals surface area (Å²) in [6.45, 7) is 0. The highest BCUT2D eigenvalue weighted by Crippen LogP contribution is 2.26. The van der Waals surface area contributed by atoms with Gasteiger partial charge in [0.15, 0.2) is 0 Å². The smallest absolute Gasteiger partial charge is 0.303 e. The van der Waals surface area contributed by atoms with Crippen molar-refractivity contribution in [3.05, 3.63) is 65.7 Å². The van der Waals surface area contributed by atoms with Gasteiger partial charge in [-0.3, -0.25) is 14.9 Å². The van der Waals surface area contributed by atoms with E-state index in [1.807, 2.05) is 66.3 Å². The molecule has 132 valence electrons. The molecule has 4 N–H and O–H groups in total. The zero-order valence-corrected chi connectivity index (χ0v) is 14.4. The molecule has 6 heteroatoms. The van der Waals surface area contributed by atoms with Crippen LogP contribution in [0.4, 0.5) is 0 Å². The van der Waals surface area contributed by atoms with Gasteiger partial charge < -0.3 is 10.8 Å². The molecule has 0 spiro atoms. The van der Waals surface area contributed by atoms with Crippen molar-refractivity contribution in [1.29, 1.82) is 5.41 Å². The summed E-state index contributed by atoms with van der Waals surface area (Å²) < 4.78 is 1.82. The van der Waals surface area contributed by atoms with Gasteiger partial charge in [0.25, 0.3) is 0 Å². The van der Waals surface area contributed by atoms with E-state index in [1.54, 1.807) is 0 Å². The molecule has 0 atom stereocenters. The van der Waals surface area contributed by atoms with Crippen LogP contribution in [0.1, 0.15) is 17.5 Å². The molecule has 1 aromatic heterocycles. The molecule has 0 aliphatic rings. The number of rotatable bonds is 6. The Bertz CT molecular complexity index is 941. The largest absolute Gasteiger partial charge is 0.481 e. The fourth-order valence-electron chi connectivity index (χ4n) is 2.79. The summed E-state index contributed by atoms with van der Waals surface area (Å²) in [5.41, 5.74) is 11.0. The third-order valence-electron chi connectivity index (χ3n) is 4.25. The van der Waals surface area contributed by atoms with Crippen molar-refractivity contribution in [3.63, 3.8) is 0 Å². The summed E-state index contributed by atoms with van der Waals surface area (Å²) in [6.07, 6.45) is 0.648. The highest BCUT2D eigenvalue weighted by Gasteiger charge is 2.10. The number of carboxylic acid groups (broad SMARTS) is 1. The molecule has 0 bridgehead atoms. The summed E-state index contributed by atoms with van der Waals surface area (Å²) in [5, 5.41) is 20.8. The highest BCUT2D eigenvalue weighted by atomic mass is 16.4. The zero-order chi connectivity index (χ0) is 18.7. The number of carbonyl (C=O) groups is 1. The molecular formula is C20H20N4O2. The maximum Gasteiger partial charge on any atom is 0.303 e. The molecule has 0 saturated carbocycles. The van der Waals surface area contributed by atoms with Gasteiger partial charge in [0.1, 0.15) is 5.84 Å². The van der Waals surface area contributed by atoms with E-state index in [-0.39, 0.29) is 12.3 Å². The Balaban J connectivity index is 1.83. The third kappa shape index (κ3) is 3.80. The number of carboxylic acids is 1. The molecule has 3 rings (SSSR count). The number of benzene rings is 2.